The molecule has 6 nitrogen and oxygen atoms in total. The average molecular weight is 347 g/mol. The summed E-state index contributed by atoms with van der Waals surface area (Å²) in [6.45, 7) is 3.30. The molecule has 1 aliphatic rings. The molecule has 3 N–H and O–H groups in total. The number of carbonyl (C=O) groups excluding carboxylic acids is 2. The van der Waals surface area contributed by atoms with Gasteiger partial charge in [-0.15, -0.1) is 0 Å². The second-order valence-corrected chi connectivity index (χ2v) is 6.34. The van der Waals surface area contributed by atoms with Crippen LogP contribution in [0.25, 0.3) is 0 Å². The summed E-state index contributed by atoms with van der Waals surface area (Å²) in [4.78, 5) is 23.7. The second kappa shape index (κ2) is 10.6. The maximum atomic E-state index is 11.9. The van der Waals surface area contributed by atoms with Gasteiger partial charge >= 0.3 is 6.03 Å². The number of ether oxygens (including phenoxy) is 1. The highest BCUT2D eigenvalue weighted by molar-refractivity contribution is 5.78. The lowest BCUT2D eigenvalue weighted by atomic mass is 9.95. The topological polar surface area (TPSA) is 79.5 Å². The van der Waals surface area contributed by atoms with E-state index in [9.17, 15) is 9.59 Å². The first-order valence-electron chi connectivity index (χ1n) is 9.20. The summed E-state index contributed by atoms with van der Waals surface area (Å²) in [6.07, 6.45) is 6.10. The average Bonchev–Trinajstić information content (AvgIpc) is 2.61. The standard InChI is InChI=1S/C19H29N3O3/c1-2-25-17-10-6-7-15(13-17)14-21-19(24)20-12-11-18(23)22-16-8-4-3-5-9-16/h6-7,10,13,16H,2-5,8-9,11-12,14H2,1H3,(H,22,23)(H2,20,21,24). The van der Waals surface area contributed by atoms with Crippen molar-refractivity contribution < 1.29 is 14.3 Å². The largest absolute Gasteiger partial charge is 0.494 e. The Hall–Kier alpha value is -2.24. The Bertz CT molecular complexity index is 557. The van der Waals surface area contributed by atoms with Gasteiger partial charge < -0.3 is 20.7 Å². The first-order chi connectivity index (χ1) is 12.2. The van der Waals surface area contributed by atoms with Crippen molar-refractivity contribution in [2.24, 2.45) is 0 Å². The van der Waals surface area contributed by atoms with E-state index in [0.29, 0.717) is 32.2 Å². The fourth-order valence-corrected chi connectivity index (χ4v) is 2.99. The van der Waals surface area contributed by atoms with E-state index in [4.69, 9.17) is 4.74 Å². The van der Waals surface area contributed by atoms with E-state index in [1.54, 1.807) is 0 Å². The molecule has 0 saturated heterocycles. The zero-order chi connectivity index (χ0) is 17.9. The molecule has 0 heterocycles. The van der Waals surface area contributed by atoms with E-state index in [1.165, 1.54) is 19.3 Å². The third kappa shape index (κ3) is 7.45. The van der Waals surface area contributed by atoms with Crippen LogP contribution in [0.3, 0.4) is 0 Å². The van der Waals surface area contributed by atoms with Crippen LogP contribution in [0, 0.1) is 0 Å². The maximum Gasteiger partial charge on any atom is 0.315 e. The van der Waals surface area contributed by atoms with Crippen LogP contribution in [-0.2, 0) is 11.3 Å². The quantitative estimate of drug-likeness (QED) is 0.676. The van der Waals surface area contributed by atoms with Crippen molar-refractivity contribution in [3.05, 3.63) is 29.8 Å². The Morgan fingerprint density at radius 1 is 1.16 bits per heavy atom. The molecule has 1 fully saturated rings. The van der Waals surface area contributed by atoms with E-state index in [2.05, 4.69) is 16.0 Å². The highest BCUT2D eigenvalue weighted by atomic mass is 16.5. The lowest BCUT2D eigenvalue weighted by Gasteiger charge is -2.22. The Morgan fingerprint density at radius 2 is 1.96 bits per heavy atom. The fourth-order valence-electron chi connectivity index (χ4n) is 2.99. The van der Waals surface area contributed by atoms with Crippen molar-refractivity contribution in [2.75, 3.05) is 13.2 Å². The van der Waals surface area contributed by atoms with Crippen molar-refractivity contribution in [3.8, 4) is 5.75 Å². The van der Waals surface area contributed by atoms with Gasteiger partial charge in [-0.25, -0.2) is 4.79 Å². The molecule has 138 valence electrons. The SMILES string of the molecule is CCOc1cccc(CNC(=O)NCCC(=O)NC2CCCCC2)c1. The van der Waals surface area contributed by atoms with Crippen LogP contribution in [0.2, 0.25) is 0 Å². The summed E-state index contributed by atoms with van der Waals surface area (Å²) < 4.78 is 5.43. The summed E-state index contributed by atoms with van der Waals surface area (Å²) in [5.41, 5.74) is 0.969. The van der Waals surface area contributed by atoms with Gasteiger partial charge in [0.2, 0.25) is 5.91 Å². The molecule has 6 heteroatoms. The van der Waals surface area contributed by atoms with E-state index in [1.807, 2.05) is 31.2 Å². The number of hydrogen-bond acceptors (Lipinski definition) is 3. The molecule has 1 aliphatic carbocycles. The molecule has 1 aromatic carbocycles. The molecule has 0 atom stereocenters. The van der Waals surface area contributed by atoms with Crippen molar-refractivity contribution >= 4 is 11.9 Å². The Morgan fingerprint density at radius 3 is 2.72 bits per heavy atom. The van der Waals surface area contributed by atoms with Crippen molar-refractivity contribution in [2.45, 2.75) is 58.0 Å². The Kier molecular flexibility index (Phi) is 8.09. The summed E-state index contributed by atoms with van der Waals surface area (Å²) in [7, 11) is 0. The van der Waals surface area contributed by atoms with Crippen molar-refractivity contribution in [1.29, 1.82) is 0 Å². The van der Waals surface area contributed by atoms with E-state index in [-0.39, 0.29) is 11.9 Å². The lowest BCUT2D eigenvalue weighted by Crippen LogP contribution is -2.40. The van der Waals surface area contributed by atoms with Gasteiger partial charge in [-0.3, -0.25) is 4.79 Å². The van der Waals surface area contributed by atoms with Gasteiger partial charge in [0.1, 0.15) is 5.75 Å². The summed E-state index contributed by atoms with van der Waals surface area (Å²) >= 11 is 0. The summed E-state index contributed by atoms with van der Waals surface area (Å²) in [5.74, 6) is 0.804. The highest BCUT2D eigenvalue weighted by Crippen LogP contribution is 2.17. The number of urea groups is 1. The van der Waals surface area contributed by atoms with Crippen LogP contribution in [-0.4, -0.2) is 31.1 Å². The molecule has 1 aromatic rings. The van der Waals surface area contributed by atoms with Crippen molar-refractivity contribution in [1.82, 2.24) is 16.0 Å². The number of rotatable bonds is 8. The second-order valence-electron chi connectivity index (χ2n) is 6.34. The van der Waals surface area contributed by atoms with E-state index >= 15 is 0 Å². The van der Waals surface area contributed by atoms with Crippen LogP contribution in [0.4, 0.5) is 4.79 Å². The fraction of sp³-hybridized carbons (Fsp3) is 0.579. The summed E-state index contributed by atoms with van der Waals surface area (Å²) in [5, 5.41) is 8.55. The molecular weight excluding hydrogens is 318 g/mol. The number of nitrogens with one attached hydrogen (secondary N) is 3. The Labute approximate surface area is 149 Å². The molecule has 1 saturated carbocycles. The van der Waals surface area contributed by atoms with E-state index < -0.39 is 0 Å². The minimum atomic E-state index is -0.271. The predicted molar refractivity (Wildman–Crippen MR) is 97.5 cm³/mol. The molecule has 0 unspecified atom stereocenters. The van der Waals surface area contributed by atoms with Crippen LogP contribution in [0.5, 0.6) is 5.75 Å². The molecule has 0 aromatic heterocycles. The van der Waals surface area contributed by atoms with Crippen LogP contribution in [0.1, 0.15) is 51.0 Å². The van der Waals surface area contributed by atoms with Gasteiger partial charge in [-0.05, 0) is 37.5 Å². The first kappa shape index (κ1) is 19.1. The summed E-state index contributed by atoms with van der Waals surface area (Å²) in [6, 6.07) is 7.66. The number of carbonyl (C=O) groups is 2. The third-order valence-corrected chi connectivity index (χ3v) is 4.27. The van der Waals surface area contributed by atoms with Crippen LogP contribution < -0.4 is 20.7 Å². The molecule has 3 amide bonds. The molecule has 0 radical (unpaired) electrons. The smallest absolute Gasteiger partial charge is 0.315 e. The zero-order valence-electron chi connectivity index (χ0n) is 15.0. The minimum absolute atomic E-state index is 0.0108. The molecule has 2 rings (SSSR count). The van der Waals surface area contributed by atoms with Crippen molar-refractivity contribution in [3.63, 3.8) is 0 Å². The molecular formula is C19H29N3O3. The van der Waals surface area contributed by atoms with Gasteiger partial charge in [-0.1, -0.05) is 31.4 Å². The van der Waals surface area contributed by atoms with E-state index in [0.717, 1.165) is 24.2 Å². The predicted octanol–water partition coefficient (Wildman–Crippen LogP) is 2.72. The normalized spacial score (nSPS) is 14.6. The number of amides is 3. The van der Waals surface area contributed by atoms with Gasteiger partial charge in [0.05, 0.1) is 6.61 Å². The van der Waals surface area contributed by atoms with Crippen LogP contribution in [0.15, 0.2) is 24.3 Å². The zero-order valence-corrected chi connectivity index (χ0v) is 15.0. The minimum Gasteiger partial charge on any atom is -0.494 e. The molecule has 25 heavy (non-hydrogen) atoms. The lowest BCUT2D eigenvalue weighted by molar-refractivity contribution is -0.121. The third-order valence-electron chi connectivity index (χ3n) is 4.27. The number of benzene rings is 1. The monoisotopic (exact) mass is 347 g/mol. The van der Waals surface area contributed by atoms with Gasteiger partial charge in [0.25, 0.3) is 0 Å². The van der Waals surface area contributed by atoms with Gasteiger partial charge in [0.15, 0.2) is 0 Å². The van der Waals surface area contributed by atoms with Crippen LogP contribution >= 0.6 is 0 Å². The number of hydrogen-bond donors (Lipinski definition) is 3. The first-order valence-corrected chi connectivity index (χ1v) is 9.20. The Balaban J connectivity index is 1.60. The highest BCUT2D eigenvalue weighted by Gasteiger charge is 2.15. The molecule has 0 bridgehead atoms. The molecule has 0 aliphatic heterocycles. The molecule has 0 spiro atoms. The maximum absolute atomic E-state index is 11.9. The van der Waals surface area contributed by atoms with Gasteiger partial charge in [0, 0.05) is 25.6 Å². The van der Waals surface area contributed by atoms with Gasteiger partial charge in [-0.2, -0.15) is 0 Å².